The molecule has 18 heavy (non-hydrogen) atoms. The molecule has 1 heterocycles. The summed E-state index contributed by atoms with van der Waals surface area (Å²) in [5.74, 6) is 2.21. The molecule has 0 saturated carbocycles. The highest BCUT2D eigenvalue weighted by atomic mass is 32.2. The van der Waals surface area contributed by atoms with Crippen LogP contribution in [0.1, 0.15) is 37.3 Å². The minimum atomic E-state index is 0.156. The van der Waals surface area contributed by atoms with Gasteiger partial charge < -0.3 is 4.74 Å². The molecule has 98 valence electrons. The molecule has 3 heteroatoms. The number of benzene rings is 1. The average Bonchev–Trinajstić information content (AvgIpc) is 2.83. The van der Waals surface area contributed by atoms with Crippen molar-refractivity contribution in [2.45, 2.75) is 43.5 Å². The summed E-state index contributed by atoms with van der Waals surface area (Å²) in [6, 6.07) is 7.24. The van der Waals surface area contributed by atoms with Gasteiger partial charge in [-0.25, -0.2) is 0 Å². The first-order valence-corrected chi connectivity index (χ1v) is 7.85. The first kappa shape index (κ1) is 12.4. The number of aryl methyl sites for hydroxylation is 1. The van der Waals surface area contributed by atoms with Crippen molar-refractivity contribution in [3.63, 3.8) is 0 Å². The van der Waals surface area contributed by atoms with E-state index in [0.29, 0.717) is 6.04 Å². The molecule has 1 aliphatic heterocycles. The van der Waals surface area contributed by atoms with Crippen LogP contribution in [-0.2, 0) is 11.3 Å². The van der Waals surface area contributed by atoms with Crippen LogP contribution in [0.25, 0.3) is 0 Å². The highest BCUT2D eigenvalue weighted by Crippen LogP contribution is 2.48. The Morgan fingerprint density at radius 2 is 2.39 bits per heavy atom. The summed E-state index contributed by atoms with van der Waals surface area (Å²) in [5.41, 5.74) is 2.97. The molecule has 0 bridgehead atoms. The minimum Gasteiger partial charge on any atom is -0.497 e. The molecular formula is C15H21NOS. The minimum absolute atomic E-state index is 0.156. The lowest BCUT2D eigenvalue weighted by Crippen LogP contribution is -2.41. The number of hydrogen-bond donors (Lipinski definition) is 1. The van der Waals surface area contributed by atoms with Gasteiger partial charge in [0, 0.05) is 11.8 Å². The van der Waals surface area contributed by atoms with Gasteiger partial charge in [0.15, 0.2) is 0 Å². The molecule has 1 fully saturated rings. The van der Waals surface area contributed by atoms with Gasteiger partial charge in [0.2, 0.25) is 0 Å². The zero-order chi connectivity index (χ0) is 12.6. The molecule has 1 N–H and O–H groups in total. The summed E-state index contributed by atoms with van der Waals surface area (Å²) in [6.45, 7) is 2.27. The van der Waals surface area contributed by atoms with E-state index in [-0.39, 0.29) is 4.87 Å². The van der Waals surface area contributed by atoms with Gasteiger partial charge in [0.1, 0.15) is 5.75 Å². The molecule has 1 aliphatic carbocycles. The Labute approximate surface area is 113 Å². The second-order valence-corrected chi connectivity index (χ2v) is 6.58. The van der Waals surface area contributed by atoms with Crippen LogP contribution in [0.4, 0.5) is 0 Å². The van der Waals surface area contributed by atoms with Crippen LogP contribution in [0.5, 0.6) is 5.75 Å². The van der Waals surface area contributed by atoms with E-state index in [1.807, 2.05) is 0 Å². The maximum atomic E-state index is 5.40. The molecule has 2 unspecified atom stereocenters. The summed E-state index contributed by atoms with van der Waals surface area (Å²) in [4.78, 5) is 0.156. The summed E-state index contributed by atoms with van der Waals surface area (Å²) >= 11 is 2.09. The monoisotopic (exact) mass is 263 g/mol. The van der Waals surface area contributed by atoms with E-state index in [2.05, 4.69) is 42.2 Å². The van der Waals surface area contributed by atoms with E-state index in [1.165, 1.54) is 42.6 Å². The Bertz CT molecular complexity index is 448. The van der Waals surface area contributed by atoms with Crippen molar-refractivity contribution in [3.05, 3.63) is 29.3 Å². The topological polar surface area (TPSA) is 21.3 Å². The molecule has 0 amide bonds. The first-order valence-electron chi connectivity index (χ1n) is 6.86. The molecule has 1 aromatic carbocycles. The lowest BCUT2D eigenvalue weighted by Gasteiger charge is -2.36. The number of nitrogens with one attached hydrogen (secondary N) is 1. The Morgan fingerprint density at radius 1 is 1.50 bits per heavy atom. The van der Waals surface area contributed by atoms with Crippen molar-refractivity contribution >= 4 is 11.8 Å². The Morgan fingerprint density at radius 3 is 3.11 bits per heavy atom. The van der Waals surface area contributed by atoms with Crippen molar-refractivity contribution in [3.8, 4) is 5.75 Å². The van der Waals surface area contributed by atoms with Crippen molar-refractivity contribution in [1.82, 2.24) is 5.32 Å². The lowest BCUT2D eigenvalue weighted by atomic mass is 9.86. The third-order valence-corrected chi connectivity index (χ3v) is 5.79. The predicted octanol–water partition coefficient (Wildman–Crippen LogP) is 3.30. The van der Waals surface area contributed by atoms with Gasteiger partial charge in [-0.2, -0.15) is 0 Å². The third-order valence-electron chi connectivity index (χ3n) is 4.19. The van der Waals surface area contributed by atoms with Crippen molar-refractivity contribution in [2.75, 3.05) is 12.9 Å². The van der Waals surface area contributed by atoms with Gasteiger partial charge in [-0.15, -0.1) is 11.8 Å². The molecule has 1 aromatic rings. The van der Waals surface area contributed by atoms with Gasteiger partial charge >= 0.3 is 0 Å². The third kappa shape index (κ3) is 1.94. The van der Waals surface area contributed by atoms with Crippen molar-refractivity contribution in [2.24, 2.45) is 0 Å². The summed E-state index contributed by atoms with van der Waals surface area (Å²) in [6.07, 6.45) is 4.96. The highest BCUT2D eigenvalue weighted by molar-refractivity contribution is 8.00. The quantitative estimate of drug-likeness (QED) is 0.884. The zero-order valence-electron chi connectivity index (χ0n) is 11.2. The van der Waals surface area contributed by atoms with E-state index in [4.69, 9.17) is 4.74 Å². The number of thioether (sulfide) groups is 1. The Kier molecular flexibility index (Phi) is 3.29. The number of hydrogen-bond acceptors (Lipinski definition) is 3. The van der Waals surface area contributed by atoms with Crippen LogP contribution in [0, 0.1) is 0 Å². The van der Waals surface area contributed by atoms with Crippen molar-refractivity contribution in [1.29, 1.82) is 0 Å². The van der Waals surface area contributed by atoms with Crippen LogP contribution in [0.15, 0.2) is 18.2 Å². The molecule has 1 spiro atoms. The van der Waals surface area contributed by atoms with Crippen LogP contribution >= 0.6 is 11.8 Å². The molecule has 3 rings (SSSR count). The predicted molar refractivity (Wildman–Crippen MR) is 77.3 cm³/mol. The Balaban J connectivity index is 2.00. The molecule has 1 saturated heterocycles. The smallest absolute Gasteiger partial charge is 0.119 e. The summed E-state index contributed by atoms with van der Waals surface area (Å²) in [7, 11) is 1.75. The number of rotatable bonds is 2. The molecule has 2 aliphatic rings. The van der Waals surface area contributed by atoms with E-state index in [1.54, 1.807) is 7.11 Å². The van der Waals surface area contributed by atoms with Crippen LogP contribution in [0.2, 0.25) is 0 Å². The van der Waals surface area contributed by atoms with Gasteiger partial charge in [-0.3, -0.25) is 5.32 Å². The Hall–Kier alpha value is -0.670. The largest absolute Gasteiger partial charge is 0.497 e. The summed E-state index contributed by atoms with van der Waals surface area (Å²) < 4.78 is 5.40. The van der Waals surface area contributed by atoms with E-state index < -0.39 is 0 Å². The lowest BCUT2D eigenvalue weighted by molar-refractivity contribution is 0.383. The summed E-state index contributed by atoms with van der Waals surface area (Å²) in [5, 5.41) is 3.87. The number of methoxy groups -OCH3 is 1. The van der Waals surface area contributed by atoms with Crippen molar-refractivity contribution < 1.29 is 4.74 Å². The fourth-order valence-electron chi connectivity index (χ4n) is 3.11. The standard InChI is InChI=1S/C15H21NOS/c1-3-12-10-18-15(16-12)8-4-5-11-6-7-13(17-2)9-14(11)15/h6-7,9,12,16H,3-5,8,10H2,1-2H3. The normalized spacial score (nSPS) is 30.4. The van der Waals surface area contributed by atoms with E-state index in [0.717, 1.165) is 5.75 Å². The molecule has 2 atom stereocenters. The number of fused-ring (bicyclic) bond motifs is 2. The van der Waals surface area contributed by atoms with E-state index >= 15 is 0 Å². The maximum Gasteiger partial charge on any atom is 0.119 e. The molecular weight excluding hydrogens is 242 g/mol. The number of ether oxygens (including phenoxy) is 1. The molecule has 0 aromatic heterocycles. The van der Waals surface area contributed by atoms with Crippen LogP contribution in [-0.4, -0.2) is 18.9 Å². The van der Waals surface area contributed by atoms with Gasteiger partial charge in [-0.05, 0) is 48.9 Å². The maximum absolute atomic E-state index is 5.40. The zero-order valence-corrected chi connectivity index (χ0v) is 12.0. The first-order chi connectivity index (χ1) is 8.77. The van der Waals surface area contributed by atoms with Gasteiger partial charge in [-0.1, -0.05) is 13.0 Å². The average molecular weight is 263 g/mol. The second-order valence-electron chi connectivity index (χ2n) is 5.26. The second kappa shape index (κ2) is 4.78. The highest BCUT2D eigenvalue weighted by Gasteiger charge is 2.42. The van der Waals surface area contributed by atoms with E-state index in [9.17, 15) is 0 Å². The SMILES string of the molecule is CCC1CSC2(CCCc3ccc(OC)cc32)N1. The fraction of sp³-hybridized carbons (Fsp3) is 0.600. The molecule has 0 radical (unpaired) electrons. The van der Waals surface area contributed by atoms with Crippen LogP contribution in [0.3, 0.4) is 0 Å². The van der Waals surface area contributed by atoms with Gasteiger partial charge in [0.05, 0.1) is 12.0 Å². The molecule has 2 nitrogen and oxygen atoms in total. The fourth-order valence-corrected chi connectivity index (χ4v) is 4.80. The van der Waals surface area contributed by atoms with Gasteiger partial charge in [0.25, 0.3) is 0 Å². The van der Waals surface area contributed by atoms with Crippen LogP contribution < -0.4 is 10.1 Å².